The topological polar surface area (TPSA) is 95.0 Å². The smallest absolute Gasteiger partial charge is 0.226 e. The predicted molar refractivity (Wildman–Crippen MR) is 51.9 cm³/mol. The molecule has 6 nitrogen and oxygen atoms in total. The molecule has 0 aromatic carbocycles. The van der Waals surface area contributed by atoms with Gasteiger partial charge in [0.05, 0.1) is 0 Å². The molecule has 1 aromatic rings. The number of carbonyl (C=O) groups excluding carboxylic acids is 2. The third kappa shape index (κ3) is 4.50. The van der Waals surface area contributed by atoms with E-state index in [0.717, 1.165) is 0 Å². The van der Waals surface area contributed by atoms with Crippen molar-refractivity contribution < 1.29 is 14.7 Å². The van der Waals surface area contributed by atoms with Crippen LogP contribution in [0.1, 0.15) is 19.8 Å². The van der Waals surface area contributed by atoms with Crippen LogP contribution in [0, 0.1) is 5.92 Å². The molecule has 0 radical (unpaired) electrons. The summed E-state index contributed by atoms with van der Waals surface area (Å²) in [5.41, 5.74) is 1.50. The van der Waals surface area contributed by atoms with Gasteiger partial charge in [0.2, 0.25) is 11.0 Å². The standard InChI is InChI=1S/C8H11N3O3S/c1-5(3-7(13)14)2-6(12)10-8-11-9-4-15-8/h4-5H,2-3H2,1H3,(H,13,14)(H,10,11,12)/p-1. The maximum atomic E-state index is 11.3. The van der Waals surface area contributed by atoms with Crippen molar-refractivity contribution in [3.05, 3.63) is 5.51 Å². The number of rotatable bonds is 5. The Balaban J connectivity index is 2.33. The molecule has 1 N–H and O–H groups in total. The van der Waals surface area contributed by atoms with Gasteiger partial charge < -0.3 is 15.2 Å². The van der Waals surface area contributed by atoms with Gasteiger partial charge in [-0.3, -0.25) is 4.79 Å². The summed E-state index contributed by atoms with van der Waals surface area (Å²) in [6.07, 6.45) is 0.0110. The predicted octanol–water partition coefficient (Wildman–Crippen LogP) is -0.357. The van der Waals surface area contributed by atoms with E-state index < -0.39 is 5.97 Å². The zero-order chi connectivity index (χ0) is 11.3. The van der Waals surface area contributed by atoms with E-state index in [-0.39, 0.29) is 24.7 Å². The average molecular weight is 228 g/mol. The molecule has 82 valence electrons. The van der Waals surface area contributed by atoms with Crippen molar-refractivity contribution in [2.45, 2.75) is 19.8 Å². The van der Waals surface area contributed by atoms with Crippen molar-refractivity contribution in [1.82, 2.24) is 10.2 Å². The van der Waals surface area contributed by atoms with E-state index in [4.69, 9.17) is 0 Å². The minimum absolute atomic E-state index is 0.121. The Bertz CT molecular complexity index is 339. The molecule has 1 atom stereocenters. The van der Waals surface area contributed by atoms with Gasteiger partial charge in [-0.2, -0.15) is 0 Å². The fourth-order valence-electron chi connectivity index (χ4n) is 1.07. The maximum absolute atomic E-state index is 11.3. The molecule has 0 fully saturated rings. The number of hydrogen-bond donors (Lipinski definition) is 1. The van der Waals surface area contributed by atoms with Gasteiger partial charge in [0.15, 0.2) is 0 Å². The lowest BCUT2D eigenvalue weighted by Gasteiger charge is -2.10. The van der Waals surface area contributed by atoms with Crippen LogP contribution < -0.4 is 10.4 Å². The summed E-state index contributed by atoms with van der Waals surface area (Å²) in [5.74, 6) is -1.66. The molecule has 0 aliphatic rings. The van der Waals surface area contributed by atoms with Crippen LogP contribution in [-0.2, 0) is 9.59 Å². The lowest BCUT2D eigenvalue weighted by Crippen LogP contribution is -2.26. The van der Waals surface area contributed by atoms with Crippen molar-refractivity contribution in [3.8, 4) is 0 Å². The van der Waals surface area contributed by atoms with E-state index in [0.29, 0.717) is 5.13 Å². The highest BCUT2D eigenvalue weighted by atomic mass is 32.1. The van der Waals surface area contributed by atoms with E-state index in [9.17, 15) is 14.7 Å². The third-order valence-corrected chi connectivity index (χ3v) is 2.26. The quantitative estimate of drug-likeness (QED) is 0.742. The van der Waals surface area contributed by atoms with Crippen LogP contribution in [0.5, 0.6) is 0 Å². The number of aliphatic carboxylic acids is 1. The average Bonchev–Trinajstić information content (AvgIpc) is 2.53. The molecule has 1 aromatic heterocycles. The molecule has 0 bridgehead atoms. The monoisotopic (exact) mass is 228 g/mol. The normalized spacial score (nSPS) is 12.1. The number of nitrogens with zero attached hydrogens (tertiary/aromatic N) is 2. The zero-order valence-electron chi connectivity index (χ0n) is 8.10. The molecule has 1 amide bonds. The number of hydrogen-bond acceptors (Lipinski definition) is 6. The molecule has 0 spiro atoms. The molecule has 1 unspecified atom stereocenters. The summed E-state index contributed by atoms with van der Waals surface area (Å²) >= 11 is 1.21. The number of amides is 1. The van der Waals surface area contributed by atoms with Crippen molar-refractivity contribution in [2.24, 2.45) is 5.92 Å². The fourth-order valence-corrected chi connectivity index (χ4v) is 1.53. The Morgan fingerprint density at radius 2 is 2.33 bits per heavy atom. The lowest BCUT2D eigenvalue weighted by atomic mass is 10.0. The van der Waals surface area contributed by atoms with Gasteiger partial charge in [-0.1, -0.05) is 18.3 Å². The van der Waals surface area contributed by atoms with Gasteiger partial charge in [-0.05, 0) is 12.3 Å². The molecule has 1 heterocycles. The van der Waals surface area contributed by atoms with Crippen LogP contribution in [0.2, 0.25) is 0 Å². The number of aromatic nitrogens is 2. The number of carboxylic acids is 1. The SMILES string of the molecule is CC(CC(=O)[O-])CC(=O)Nc1nncs1. The molecular formula is C8H10N3O3S-. The maximum Gasteiger partial charge on any atom is 0.226 e. The van der Waals surface area contributed by atoms with E-state index in [2.05, 4.69) is 15.5 Å². The van der Waals surface area contributed by atoms with Crippen LogP contribution in [-0.4, -0.2) is 22.1 Å². The Morgan fingerprint density at radius 1 is 1.60 bits per heavy atom. The summed E-state index contributed by atoms with van der Waals surface area (Å²) in [5, 5.41) is 20.4. The van der Waals surface area contributed by atoms with Gasteiger partial charge in [0.1, 0.15) is 5.51 Å². The Hall–Kier alpha value is -1.50. The number of carboxylic acid groups (broad SMARTS) is 1. The molecular weight excluding hydrogens is 218 g/mol. The molecule has 0 saturated carbocycles. The van der Waals surface area contributed by atoms with Crippen molar-refractivity contribution in [2.75, 3.05) is 5.32 Å². The minimum atomic E-state index is -1.15. The summed E-state index contributed by atoms with van der Waals surface area (Å²) in [6.45, 7) is 1.68. The van der Waals surface area contributed by atoms with Crippen molar-refractivity contribution in [1.29, 1.82) is 0 Å². The largest absolute Gasteiger partial charge is 0.550 e. The highest BCUT2D eigenvalue weighted by molar-refractivity contribution is 7.13. The first kappa shape index (κ1) is 11.6. The Labute approximate surface area is 90.3 Å². The highest BCUT2D eigenvalue weighted by Crippen LogP contribution is 2.11. The van der Waals surface area contributed by atoms with Gasteiger partial charge in [0, 0.05) is 12.4 Å². The van der Waals surface area contributed by atoms with Crippen LogP contribution in [0.25, 0.3) is 0 Å². The van der Waals surface area contributed by atoms with Gasteiger partial charge in [-0.25, -0.2) is 0 Å². The minimum Gasteiger partial charge on any atom is -0.550 e. The Morgan fingerprint density at radius 3 is 2.87 bits per heavy atom. The number of nitrogens with one attached hydrogen (secondary N) is 1. The zero-order valence-corrected chi connectivity index (χ0v) is 8.91. The second kappa shape index (κ2) is 5.40. The van der Waals surface area contributed by atoms with Crippen LogP contribution in [0.15, 0.2) is 5.51 Å². The molecule has 0 aliphatic carbocycles. The summed E-state index contributed by atoms with van der Waals surface area (Å²) in [4.78, 5) is 21.6. The fraction of sp³-hybridized carbons (Fsp3) is 0.500. The van der Waals surface area contributed by atoms with E-state index in [1.165, 1.54) is 16.8 Å². The van der Waals surface area contributed by atoms with Crippen LogP contribution in [0.3, 0.4) is 0 Å². The molecule has 0 saturated heterocycles. The van der Waals surface area contributed by atoms with Crippen LogP contribution >= 0.6 is 11.3 Å². The summed E-state index contributed by atoms with van der Waals surface area (Å²) in [6, 6.07) is 0. The van der Waals surface area contributed by atoms with Crippen molar-refractivity contribution >= 4 is 28.3 Å². The van der Waals surface area contributed by atoms with E-state index >= 15 is 0 Å². The Kier molecular flexibility index (Phi) is 4.17. The first-order valence-electron chi connectivity index (χ1n) is 4.33. The summed E-state index contributed by atoms with van der Waals surface area (Å²) in [7, 11) is 0. The third-order valence-electron chi connectivity index (χ3n) is 1.66. The number of carbonyl (C=O) groups is 2. The first-order chi connectivity index (χ1) is 7.08. The van der Waals surface area contributed by atoms with Crippen molar-refractivity contribution in [3.63, 3.8) is 0 Å². The molecule has 7 heteroatoms. The molecule has 1 rings (SSSR count). The van der Waals surface area contributed by atoms with Gasteiger partial charge in [-0.15, -0.1) is 10.2 Å². The van der Waals surface area contributed by atoms with E-state index in [1.807, 2.05) is 0 Å². The molecule has 0 aliphatic heterocycles. The van der Waals surface area contributed by atoms with E-state index in [1.54, 1.807) is 6.92 Å². The second-order valence-electron chi connectivity index (χ2n) is 3.18. The van der Waals surface area contributed by atoms with Gasteiger partial charge >= 0.3 is 0 Å². The first-order valence-corrected chi connectivity index (χ1v) is 5.21. The highest BCUT2D eigenvalue weighted by Gasteiger charge is 2.10. The number of anilines is 1. The summed E-state index contributed by atoms with van der Waals surface area (Å²) < 4.78 is 0. The molecule has 15 heavy (non-hydrogen) atoms. The van der Waals surface area contributed by atoms with Gasteiger partial charge in [0.25, 0.3) is 0 Å². The van der Waals surface area contributed by atoms with Crippen LogP contribution in [0.4, 0.5) is 5.13 Å². The second-order valence-corrected chi connectivity index (χ2v) is 4.01. The lowest BCUT2D eigenvalue weighted by molar-refractivity contribution is -0.306.